The van der Waals surface area contributed by atoms with Crippen molar-refractivity contribution in [1.29, 1.82) is 0 Å². The van der Waals surface area contributed by atoms with Gasteiger partial charge in [-0.15, -0.1) is 10.6 Å². The molecule has 0 aliphatic heterocycles. The molecule has 0 amide bonds. The van der Waals surface area contributed by atoms with Crippen molar-refractivity contribution in [2.75, 3.05) is 0 Å². The van der Waals surface area contributed by atoms with Gasteiger partial charge in [-0.2, -0.15) is 0 Å². The topological polar surface area (TPSA) is 0 Å². The van der Waals surface area contributed by atoms with Crippen molar-refractivity contribution in [3.8, 4) is 0 Å². The summed E-state index contributed by atoms with van der Waals surface area (Å²) < 4.78 is 1.33. The molecule has 0 bridgehead atoms. The summed E-state index contributed by atoms with van der Waals surface area (Å²) in [5.41, 5.74) is 0. The Morgan fingerprint density at radius 2 is 1.38 bits per heavy atom. The van der Waals surface area contributed by atoms with Crippen LogP contribution in [0.2, 0.25) is 10.6 Å². The summed E-state index contributed by atoms with van der Waals surface area (Å²) in [5.74, 6) is 1.86. The Bertz CT molecular complexity index is 236. The summed E-state index contributed by atoms with van der Waals surface area (Å²) in [6, 6.07) is 10.3. The minimum absolute atomic E-state index is 0.755. The Kier molecular flexibility index (Phi) is 11.0. The summed E-state index contributed by atoms with van der Waals surface area (Å²) in [5, 5.41) is 2.97. The molecule has 2 heteroatoms. The first-order valence-corrected chi connectivity index (χ1v) is 8.86. The first-order chi connectivity index (χ1) is 7.52. The van der Waals surface area contributed by atoms with Crippen LogP contribution in [0.15, 0.2) is 30.3 Å². The molecule has 0 aliphatic carbocycles. The van der Waals surface area contributed by atoms with Gasteiger partial charge in [-0.1, -0.05) is 39.5 Å². The molecule has 0 heterocycles. The first kappa shape index (κ1) is 16.5. The Balaban J connectivity index is 0.000000288. The predicted octanol–water partition coefficient (Wildman–Crippen LogP) is 3.32. The molecule has 0 saturated heterocycles. The molecule has 1 aromatic rings. The zero-order chi connectivity index (χ0) is 12.4. The van der Waals surface area contributed by atoms with E-state index in [9.17, 15) is 0 Å². The van der Waals surface area contributed by atoms with Crippen molar-refractivity contribution >= 4 is 41.1 Å². The van der Waals surface area contributed by atoms with Crippen LogP contribution in [0, 0.1) is 11.8 Å². The van der Waals surface area contributed by atoms with Gasteiger partial charge < -0.3 is 0 Å². The molecule has 0 saturated carbocycles. The summed E-state index contributed by atoms with van der Waals surface area (Å²) in [6.07, 6.45) is 0. The second-order valence-electron chi connectivity index (χ2n) is 4.86. The van der Waals surface area contributed by atoms with E-state index in [1.165, 1.54) is 14.2 Å². The van der Waals surface area contributed by atoms with Crippen LogP contribution in [-0.2, 0) is 0 Å². The zero-order valence-electron chi connectivity index (χ0n) is 10.9. The van der Waals surface area contributed by atoms with Gasteiger partial charge in [0.1, 0.15) is 0 Å². The number of hydrogen-bond donors (Lipinski definition) is 0. The van der Waals surface area contributed by atoms with E-state index < -0.39 is 0 Å². The van der Waals surface area contributed by atoms with E-state index in [-0.39, 0.29) is 0 Å². The van der Waals surface area contributed by atoms with Gasteiger partial charge in [-0.25, -0.2) is 0 Å². The van der Waals surface area contributed by atoms with E-state index in [0.29, 0.717) is 0 Å². The van der Waals surface area contributed by atoms with Gasteiger partial charge in [0, 0.05) is 0 Å². The Morgan fingerprint density at radius 3 is 1.62 bits per heavy atom. The standard InChI is InChI=1S/C6H5Te.2C4H9.Al/c7-6-4-2-1-3-5-6;2*1-4(2)3;/h1-5H;2*4H,1H2,2-3H3;. The molecule has 1 aromatic carbocycles. The maximum absolute atomic E-state index is 2.31. The third-order valence-corrected chi connectivity index (χ3v) is 5.35. The fraction of sp³-hybridized carbons (Fsp3) is 0.571. The molecule has 0 nitrogen and oxygen atoms in total. The van der Waals surface area contributed by atoms with Crippen molar-refractivity contribution in [3.05, 3.63) is 30.3 Å². The van der Waals surface area contributed by atoms with Gasteiger partial charge in [0.15, 0.2) is 0 Å². The van der Waals surface area contributed by atoms with Gasteiger partial charge in [0.05, 0.1) is 0 Å². The van der Waals surface area contributed by atoms with Crippen LogP contribution in [-0.4, -0.2) is 37.5 Å². The summed E-state index contributed by atoms with van der Waals surface area (Å²) >= 11 is 2.77. The third kappa shape index (κ3) is 12.6. The molecule has 0 unspecified atom stereocenters. The molecule has 2 radical (unpaired) electrons. The van der Waals surface area contributed by atoms with Crippen LogP contribution in [0.4, 0.5) is 0 Å². The molecule has 0 aliphatic rings. The van der Waals surface area contributed by atoms with Gasteiger partial charge in [-0.05, 0) is 0 Å². The van der Waals surface area contributed by atoms with Crippen molar-refractivity contribution < 1.29 is 0 Å². The number of benzene rings is 1. The first-order valence-electron chi connectivity index (χ1n) is 6.06. The monoisotopic (exact) mass is 348 g/mol. The third-order valence-electron chi connectivity index (χ3n) is 2.02. The van der Waals surface area contributed by atoms with Crippen LogP contribution in [0.3, 0.4) is 0 Å². The second kappa shape index (κ2) is 10.7. The normalized spacial score (nSPS) is 9.88. The van der Waals surface area contributed by atoms with Crippen molar-refractivity contribution in [2.24, 2.45) is 11.8 Å². The van der Waals surface area contributed by atoms with Crippen molar-refractivity contribution in [1.82, 2.24) is 0 Å². The predicted molar refractivity (Wildman–Crippen MR) is 76.9 cm³/mol. The van der Waals surface area contributed by atoms with E-state index in [4.69, 9.17) is 0 Å². The molecule has 0 aromatic heterocycles. The van der Waals surface area contributed by atoms with Crippen LogP contribution in [0.25, 0.3) is 0 Å². The quantitative estimate of drug-likeness (QED) is 0.734. The Morgan fingerprint density at radius 1 is 0.938 bits per heavy atom. The van der Waals surface area contributed by atoms with Crippen LogP contribution in [0.5, 0.6) is 0 Å². The molecular weight excluding hydrogens is 323 g/mol. The van der Waals surface area contributed by atoms with E-state index in [2.05, 4.69) is 39.8 Å². The minimum atomic E-state index is 0.755. The molecule has 0 fully saturated rings. The number of rotatable bonds is 4. The summed E-state index contributed by atoms with van der Waals surface area (Å²) in [6.45, 7) is 9.25. The van der Waals surface area contributed by atoms with Crippen LogP contribution >= 0.6 is 0 Å². The molecular formula is C14H23AlTe. The van der Waals surface area contributed by atoms with Crippen molar-refractivity contribution in [2.45, 2.75) is 38.3 Å². The van der Waals surface area contributed by atoms with Gasteiger partial charge in [0.2, 0.25) is 15.2 Å². The Labute approximate surface area is 121 Å². The van der Waals surface area contributed by atoms with E-state index in [0.717, 1.165) is 27.1 Å². The van der Waals surface area contributed by atoms with Crippen LogP contribution in [0.1, 0.15) is 27.7 Å². The molecule has 1 rings (SSSR count). The number of hydrogen-bond acceptors (Lipinski definition) is 0. The fourth-order valence-corrected chi connectivity index (χ4v) is 3.16. The summed E-state index contributed by atoms with van der Waals surface area (Å²) in [7, 11) is 0. The van der Waals surface area contributed by atoms with E-state index in [1.807, 2.05) is 40.5 Å². The summed E-state index contributed by atoms with van der Waals surface area (Å²) in [4.78, 5) is 0. The zero-order valence-corrected chi connectivity index (χ0v) is 14.4. The second-order valence-corrected chi connectivity index (χ2v) is 7.73. The molecule has 0 N–H and O–H groups in total. The SMILES string of the molecule is CC(C)[CH2][Al][CH2]C(C)C.[Te]c1ccccc1. The molecule has 0 spiro atoms. The average Bonchev–Trinajstić information content (AvgIpc) is 2.18. The fourth-order valence-electron chi connectivity index (χ4n) is 1.18. The Hall–Kier alpha value is 0.542. The molecule has 0 atom stereocenters. The van der Waals surface area contributed by atoms with Gasteiger partial charge in [-0.3, -0.25) is 0 Å². The van der Waals surface area contributed by atoms with Gasteiger partial charge >= 0.3 is 56.2 Å². The van der Waals surface area contributed by atoms with E-state index >= 15 is 0 Å². The van der Waals surface area contributed by atoms with Crippen molar-refractivity contribution in [3.63, 3.8) is 0 Å². The van der Waals surface area contributed by atoms with Crippen LogP contribution < -0.4 is 3.61 Å². The average molecular weight is 346 g/mol. The molecule has 88 valence electrons. The van der Waals surface area contributed by atoms with E-state index in [1.54, 1.807) is 0 Å². The maximum atomic E-state index is 2.31. The van der Waals surface area contributed by atoms with Gasteiger partial charge in [0.25, 0.3) is 0 Å². The molecule has 16 heavy (non-hydrogen) atoms.